The molecular formula is C12H10Cl2INO2. The molecule has 0 saturated carbocycles. The lowest BCUT2D eigenvalue weighted by molar-refractivity contribution is -0.140. The van der Waals surface area contributed by atoms with Crippen LogP contribution in [0.15, 0.2) is 12.1 Å². The van der Waals surface area contributed by atoms with E-state index >= 15 is 0 Å². The Morgan fingerprint density at radius 2 is 2.17 bits per heavy atom. The number of carbonyl (C=O) groups is 1. The fraction of sp³-hybridized carbons (Fsp3) is 0.250. The third-order valence-electron chi connectivity index (χ3n) is 2.68. The van der Waals surface area contributed by atoms with Gasteiger partial charge in [0.15, 0.2) is 0 Å². The summed E-state index contributed by atoms with van der Waals surface area (Å²) in [5.41, 5.74) is 1.79. The van der Waals surface area contributed by atoms with E-state index < -0.39 is 0 Å². The highest BCUT2D eigenvalue weighted by molar-refractivity contribution is 14.1. The molecule has 1 aromatic heterocycles. The Labute approximate surface area is 128 Å². The molecule has 96 valence electrons. The number of aromatic amines is 1. The van der Waals surface area contributed by atoms with Crippen molar-refractivity contribution in [1.29, 1.82) is 0 Å². The largest absolute Gasteiger partial charge is 0.469 e. The Hall–Kier alpha value is -0.460. The van der Waals surface area contributed by atoms with Crippen LogP contribution in [0.2, 0.25) is 10.0 Å². The fourth-order valence-electron chi connectivity index (χ4n) is 1.73. The van der Waals surface area contributed by atoms with Gasteiger partial charge in [-0.2, -0.15) is 0 Å². The zero-order chi connectivity index (χ0) is 13.3. The number of aryl methyl sites for hydroxylation is 1. The molecule has 0 unspecified atom stereocenters. The summed E-state index contributed by atoms with van der Waals surface area (Å²) in [6.07, 6.45) is 0.929. The number of hydrogen-bond donors (Lipinski definition) is 1. The molecule has 0 bridgehead atoms. The van der Waals surface area contributed by atoms with Gasteiger partial charge in [0.05, 0.1) is 29.1 Å². The fourth-order valence-corrected chi connectivity index (χ4v) is 2.95. The van der Waals surface area contributed by atoms with Crippen LogP contribution in [0.3, 0.4) is 0 Å². The molecule has 0 atom stereocenters. The Bertz CT molecular complexity index is 610. The highest BCUT2D eigenvalue weighted by Crippen LogP contribution is 2.34. The zero-order valence-corrected chi connectivity index (χ0v) is 13.2. The van der Waals surface area contributed by atoms with Crippen molar-refractivity contribution >= 4 is 62.7 Å². The summed E-state index contributed by atoms with van der Waals surface area (Å²) < 4.78 is 5.69. The van der Waals surface area contributed by atoms with Gasteiger partial charge in [-0.1, -0.05) is 29.3 Å². The molecule has 0 spiro atoms. The van der Waals surface area contributed by atoms with Gasteiger partial charge in [-0.25, -0.2) is 0 Å². The number of fused-ring (bicyclic) bond motifs is 1. The lowest BCUT2D eigenvalue weighted by atomic mass is 10.2. The molecule has 0 amide bonds. The zero-order valence-electron chi connectivity index (χ0n) is 9.52. The summed E-state index contributed by atoms with van der Waals surface area (Å²) in [6, 6.07) is 3.69. The van der Waals surface area contributed by atoms with Crippen molar-refractivity contribution < 1.29 is 9.53 Å². The number of ether oxygens (including phenoxy) is 1. The van der Waals surface area contributed by atoms with Gasteiger partial charge < -0.3 is 9.72 Å². The highest BCUT2D eigenvalue weighted by atomic mass is 127. The normalized spacial score (nSPS) is 10.9. The molecule has 6 heteroatoms. The number of benzene rings is 1. The van der Waals surface area contributed by atoms with E-state index in [1.165, 1.54) is 7.11 Å². The summed E-state index contributed by atoms with van der Waals surface area (Å²) in [6.45, 7) is 0. The van der Waals surface area contributed by atoms with Gasteiger partial charge in [0.25, 0.3) is 0 Å². The van der Waals surface area contributed by atoms with E-state index in [0.717, 1.165) is 20.2 Å². The molecule has 0 radical (unpaired) electrons. The second-order valence-electron chi connectivity index (χ2n) is 3.78. The number of nitrogens with one attached hydrogen (secondary N) is 1. The number of halogens is 3. The molecule has 0 aliphatic carbocycles. The molecule has 3 nitrogen and oxygen atoms in total. The average molecular weight is 398 g/mol. The summed E-state index contributed by atoms with van der Waals surface area (Å²) >= 11 is 14.3. The maximum atomic E-state index is 11.1. The van der Waals surface area contributed by atoms with Crippen molar-refractivity contribution in [3.05, 3.63) is 31.4 Å². The van der Waals surface area contributed by atoms with Crippen molar-refractivity contribution in [3.63, 3.8) is 0 Å². The van der Waals surface area contributed by atoms with Crippen LogP contribution < -0.4 is 0 Å². The number of methoxy groups -OCH3 is 1. The van der Waals surface area contributed by atoms with Gasteiger partial charge in [0.2, 0.25) is 0 Å². The molecule has 1 aromatic carbocycles. The monoisotopic (exact) mass is 397 g/mol. The first-order chi connectivity index (χ1) is 8.54. The van der Waals surface area contributed by atoms with E-state index in [2.05, 4.69) is 32.3 Å². The van der Waals surface area contributed by atoms with Gasteiger partial charge in [-0.15, -0.1) is 0 Å². The average Bonchev–Trinajstić information content (AvgIpc) is 2.69. The van der Waals surface area contributed by atoms with Gasteiger partial charge in [-0.3, -0.25) is 4.79 Å². The van der Waals surface area contributed by atoms with E-state index in [1.807, 2.05) is 6.07 Å². The van der Waals surface area contributed by atoms with Gasteiger partial charge >= 0.3 is 5.97 Å². The van der Waals surface area contributed by atoms with E-state index in [9.17, 15) is 4.79 Å². The minimum absolute atomic E-state index is 0.228. The van der Waals surface area contributed by atoms with E-state index in [-0.39, 0.29) is 5.97 Å². The number of esters is 1. The SMILES string of the molecule is COC(=O)CCc1[nH]c2c(Cl)c(Cl)ccc2c1I. The van der Waals surface area contributed by atoms with Crippen molar-refractivity contribution in [3.8, 4) is 0 Å². The Morgan fingerprint density at radius 1 is 1.44 bits per heavy atom. The Kier molecular flexibility index (Phi) is 4.40. The number of aromatic nitrogens is 1. The van der Waals surface area contributed by atoms with Crippen LogP contribution in [-0.4, -0.2) is 18.1 Å². The Balaban J connectivity index is 2.38. The third-order valence-corrected chi connectivity index (χ3v) is 4.72. The minimum atomic E-state index is -0.228. The van der Waals surface area contributed by atoms with Crippen molar-refractivity contribution in [2.24, 2.45) is 0 Å². The summed E-state index contributed by atoms with van der Waals surface area (Å²) in [4.78, 5) is 14.4. The molecule has 2 rings (SSSR count). The van der Waals surface area contributed by atoms with Gasteiger partial charge in [0.1, 0.15) is 0 Å². The second kappa shape index (κ2) is 5.67. The molecule has 0 saturated heterocycles. The molecule has 1 heterocycles. The van der Waals surface area contributed by atoms with E-state index in [1.54, 1.807) is 6.07 Å². The predicted octanol–water partition coefficient (Wildman–Crippen LogP) is 4.18. The lowest BCUT2D eigenvalue weighted by Gasteiger charge is -1.98. The minimum Gasteiger partial charge on any atom is -0.469 e. The summed E-state index contributed by atoms with van der Waals surface area (Å²) in [5, 5.41) is 2.04. The number of carbonyl (C=O) groups excluding carboxylic acids is 1. The lowest BCUT2D eigenvalue weighted by Crippen LogP contribution is -2.02. The molecule has 1 N–H and O–H groups in total. The molecule has 0 fully saturated rings. The summed E-state index contributed by atoms with van der Waals surface area (Å²) in [5.74, 6) is -0.228. The van der Waals surface area contributed by atoms with Crippen LogP contribution in [0.4, 0.5) is 0 Å². The van der Waals surface area contributed by atoms with E-state index in [0.29, 0.717) is 22.9 Å². The van der Waals surface area contributed by atoms with Gasteiger partial charge in [-0.05, 0) is 35.1 Å². The van der Waals surface area contributed by atoms with Crippen molar-refractivity contribution in [2.45, 2.75) is 12.8 Å². The molecule has 0 aliphatic heterocycles. The van der Waals surface area contributed by atoms with Crippen LogP contribution in [0.5, 0.6) is 0 Å². The van der Waals surface area contributed by atoms with Crippen molar-refractivity contribution in [1.82, 2.24) is 4.98 Å². The molecule has 2 aromatic rings. The maximum absolute atomic E-state index is 11.1. The number of rotatable bonds is 3. The molecule has 18 heavy (non-hydrogen) atoms. The third kappa shape index (κ3) is 2.60. The molecule has 0 aliphatic rings. The van der Waals surface area contributed by atoms with Gasteiger partial charge in [0, 0.05) is 14.7 Å². The Morgan fingerprint density at radius 3 is 2.83 bits per heavy atom. The van der Waals surface area contributed by atoms with Crippen LogP contribution in [0, 0.1) is 3.57 Å². The highest BCUT2D eigenvalue weighted by Gasteiger charge is 2.14. The molecular weight excluding hydrogens is 388 g/mol. The predicted molar refractivity (Wildman–Crippen MR) is 81.4 cm³/mol. The number of hydrogen-bond acceptors (Lipinski definition) is 2. The quantitative estimate of drug-likeness (QED) is 0.623. The van der Waals surface area contributed by atoms with Crippen LogP contribution >= 0.6 is 45.8 Å². The van der Waals surface area contributed by atoms with Crippen LogP contribution in [0.25, 0.3) is 10.9 Å². The maximum Gasteiger partial charge on any atom is 0.305 e. The van der Waals surface area contributed by atoms with Crippen molar-refractivity contribution in [2.75, 3.05) is 7.11 Å². The van der Waals surface area contributed by atoms with Crippen LogP contribution in [-0.2, 0) is 16.0 Å². The summed E-state index contributed by atoms with van der Waals surface area (Å²) in [7, 11) is 1.38. The first kappa shape index (κ1) is 14.0. The first-order valence-corrected chi connectivity index (χ1v) is 7.09. The standard InChI is InChI=1S/C12H10Cl2INO2/c1-18-9(17)5-4-8-11(15)6-2-3-7(13)10(14)12(6)16-8/h2-3,16H,4-5H2,1H3. The topological polar surface area (TPSA) is 42.1 Å². The smallest absolute Gasteiger partial charge is 0.305 e. The first-order valence-electron chi connectivity index (χ1n) is 5.25. The van der Waals surface area contributed by atoms with Crippen LogP contribution in [0.1, 0.15) is 12.1 Å². The number of H-pyrrole nitrogens is 1. The van der Waals surface area contributed by atoms with E-state index in [4.69, 9.17) is 23.2 Å². The second-order valence-corrected chi connectivity index (χ2v) is 5.64.